The lowest BCUT2D eigenvalue weighted by Crippen LogP contribution is -2.00. The maximum Gasteiger partial charge on any atom is 0.221 e. The minimum Gasteiger partial charge on any atom is -0.309 e. The van der Waals surface area contributed by atoms with Crippen LogP contribution in [0.4, 0.5) is 0 Å². The highest BCUT2D eigenvalue weighted by molar-refractivity contribution is 6.10. The molecule has 0 spiro atoms. The van der Waals surface area contributed by atoms with Gasteiger partial charge in [0.05, 0.1) is 61.0 Å². The second-order valence-corrected chi connectivity index (χ2v) is 13.1. The number of benzene rings is 6. The van der Waals surface area contributed by atoms with E-state index in [0.29, 0.717) is 0 Å². The summed E-state index contributed by atoms with van der Waals surface area (Å²) in [5, 5.41) is 2.39. The lowest BCUT2D eigenvalue weighted by molar-refractivity contribution is 1.07. The minimum absolute atomic E-state index is 0.835. The molecule has 0 fully saturated rings. The van der Waals surface area contributed by atoms with Gasteiger partial charge in [-0.3, -0.25) is 17.9 Å². The summed E-state index contributed by atoms with van der Waals surface area (Å²) in [5.41, 5.74) is 13.6. The van der Waals surface area contributed by atoms with Crippen LogP contribution in [0.2, 0.25) is 0 Å². The van der Waals surface area contributed by atoms with Gasteiger partial charge in [-0.1, -0.05) is 66.7 Å². The monoisotopic (exact) mass is 654 g/mol. The summed E-state index contributed by atoms with van der Waals surface area (Å²) in [6, 6.07) is 53.4. The molecule has 0 aliphatic rings. The van der Waals surface area contributed by atoms with Crippen molar-refractivity contribution in [1.29, 1.82) is 0 Å². The summed E-state index contributed by atoms with van der Waals surface area (Å²) in [7, 11) is 0. The van der Waals surface area contributed by atoms with Crippen molar-refractivity contribution in [2.75, 3.05) is 0 Å². The fraction of sp³-hybridized carbons (Fsp3) is 0. The second kappa shape index (κ2) is 9.71. The van der Waals surface area contributed by atoms with Crippen molar-refractivity contribution in [3.05, 3.63) is 158 Å². The van der Waals surface area contributed by atoms with E-state index in [9.17, 15) is 0 Å². The molecule has 12 aromatic rings. The Labute approximate surface area is 289 Å². The zero-order chi connectivity index (χ0) is 33.2. The molecule has 238 valence electrons. The number of nitrogens with zero attached hydrogens (tertiary/aromatic N) is 8. The Bertz CT molecular complexity index is 3390. The summed E-state index contributed by atoms with van der Waals surface area (Å²) < 4.78 is 11.3. The van der Waals surface area contributed by atoms with Crippen LogP contribution in [-0.4, -0.2) is 37.5 Å². The number of aromatic nitrogens is 8. The Morgan fingerprint density at radius 2 is 0.922 bits per heavy atom. The van der Waals surface area contributed by atoms with Gasteiger partial charge in [0.15, 0.2) is 5.65 Å². The van der Waals surface area contributed by atoms with Gasteiger partial charge in [0, 0.05) is 22.7 Å². The van der Waals surface area contributed by atoms with E-state index in [0.717, 1.165) is 83.9 Å². The number of pyridine rings is 1. The first kappa shape index (κ1) is 26.7. The maximum absolute atomic E-state index is 5.14. The molecule has 0 aliphatic heterocycles. The van der Waals surface area contributed by atoms with Crippen LogP contribution in [0.1, 0.15) is 0 Å². The average molecular weight is 655 g/mol. The van der Waals surface area contributed by atoms with Crippen molar-refractivity contribution < 1.29 is 0 Å². The molecule has 0 amide bonds. The minimum atomic E-state index is 0.835. The van der Waals surface area contributed by atoms with Crippen molar-refractivity contribution in [3.63, 3.8) is 0 Å². The third kappa shape index (κ3) is 3.50. The molecule has 6 heterocycles. The van der Waals surface area contributed by atoms with E-state index in [1.54, 1.807) is 0 Å². The first-order chi connectivity index (χ1) is 25.3. The van der Waals surface area contributed by atoms with Crippen LogP contribution in [0.3, 0.4) is 0 Å². The number of imidazole rings is 4. The van der Waals surface area contributed by atoms with E-state index in [2.05, 4.69) is 156 Å². The van der Waals surface area contributed by atoms with Crippen molar-refractivity contribution in [2.45, 2.75) is 0 Å². The SMILES string of the molecule is c1cc(-n2c3ccccc3c3ccc(-n4c5ccccc5n5c6ccccc6nc45)cc32)cc(-n2c3ncccc3n3c4ccccc4nc23)c1. The van der Waals surface area contributed by atoms with Crippen LogP contribution in [0.5, 0.6) is 0 Å². The lowest BCUT2D eigenvalue weighted by atomic mass is 10.1. The number of hydrogen-bond donors (Lipinski definition) is 0. The molecule has 0 unspecified atom stereocenters. The average Bonchev–Trinajstić information content (AvgIpc) is 3.97. The topological polar surface area (TPSA) is 62.3 Å². The molecule has 6 aromatic carbocycles. The molecule has 0 bridgehead atoms. The van der Waals surface area contributed by atoms with E-state index < -0.39 is 0 Å². The summed E-state index contributed by atoms with van der Waals surface area (Å²) in [6.45, 7) is 0. The molecule has 8 heteroatoms. The zero-order valence-electron chi connectivity index (χ0n) is 27.1. The predicted octanol–water partition coefficient (Wildman–Crippen LogP) is 9.67. The van der Waals surface area contributed by atoms with Crippen molar-refractivity contribution in [3.8, 4) is 17.1 Å². The Hall–Kier alpha value is -7.19. The Morgan fingerprint density at radius 1 is 0.353 bits per heavy atom. The fourth-order valence-corrected chi connectivity index (χ4v) is 8.22. The van der Waals surface area contributed by atoms with Gasteiger partial charge in [-0.05, 0) is 84.9 Å². The maximum atomic E-state index is 5.14. The van der Waals surface area contributed by atoms with Crippen LogP contribution < -0.4 is 0 Å². The highest BCUT2D eigenvalue weighted by Gasteiger charge is 2.21. The number of fused-ring (bicyclic) bond motifs is 13. The zero-order valence-corrected chi connectivity index (χ0v) is 27.1. The van der Waals surface area contributed by atoms with Crippen molar-refractivity contribution in [1.82, 2.24) is 37.5 Å². The fourth-order valence-electron chi connectivity index (χ4n) is 8.22. The van der Waals surface area contributed by atoms with Gasteiger partial charge in [0.2, 0.25) is 11.6 Å². The predicted molar refractivity (Wildman–Crippen MR) is 205 cm³/mol. The summed E-state index contributed by atoms with van der Waals surface area (Å²) in [6.07, 6.45) is 1.85. The van der Waals surface area contributed by atoms with E-state index in [4.69, 9.17) is 15.0 Å². The van der Waals surface area contributed by atoms with Crippen LogP contribution in [-0.2, 0) is 0 Å². The van der Waals surface area contributed by atoms with Gasteiger partial charge < -0.3 is 4.57 Å². The number of rotatable bonds is 3. The molecule has 0 saturated carbocycles. The van der Waals surface area contributed by atoms with Crippen molar-refractivity contribution >= 4 is 77.6 Å². The first-order valence-electron chi connectivity index (χ1n) is 17.1. The van der Waals surface area contributed by atoms with Gasteiger partial charge >= 0.3 is 0 Å². The van der Waals surface area contributed by atoms with Crippen LogP contribution >= 0.6 is 0 Å². The van der Waals surface area contributed by atoms with Gasteiger partial charge in [-0.15, -0.1) is 0 Å². The molecule has 0 saturated heterocycles. The highest BCUT2D eigenvalue weighted by atomic mass is 15.2. The second-order valence-electron chi connectivity index (χ2n) is 13.1. The van der Waals surface area contributed by atoms with E-state index in [-0.39, 0.29) is 0 Å². The molecular formula is C43H26N8. The molecule has 0 atom stereocenters. The molecule has 8 nitrogen and oxygen atoms in total. The number of para-hydroxylation sites is 7. The van der Waals surface area contributed by atoms with E-state index in [1.165, 1.54) is 10.8 Å². The van der Waals surface area contributed by atoms with Crippen molar-refractivity contribution in [2.24, 2.45) is 0 Å². The molecule has 6 aromatic heterocycles. The van der Waals surface area contributed by atoms with Gasteiger partial charge in [-0.2, -0.15) is 0 Å². The quantitative estimate of drug-likeness (QED) is 0.191. The molecule has 0 N–H and O–H groups in total. The Kier molecular flexibility index (Phi) is 5.09. The van der Waals surface area contributed by atoms with Gasteiger partial charge in [0.25, 0.3) is 0 Å². The molecule has 0 radical (unpaired) electrons. The molecular weight excluding hydrogens is 629 g/mol. The first-order valence-corrected chi connectivity index (χ1v) is 17.1. The smallest absolute Gasteiger partial charge is 0.221 e. The van der Waals surface area contributed by atoms with Crippen LogP contribution in [0.25, 0.3) is 94.7 Å². The molecule has 51 heavy (non-hydrogen) atoms. The van der Waals surface area contributed by atoms with Crippen LogP contribution in [0, 0.1) is 0 Å². The largest absolute Gasteiger partial charge is 0.309 e. The Balaban J connectivity index is 1.13. The van der Waals surface area contributed by atoms with E-state index >= 15 is 0 Å². The normalized spacial score (nSPS) is 12.3. The third-order valence-corrected chi connectivity index (χ3v) is 10.3. The van der Waals surface area contributed by atoms with Crippen LogP contribution in [0.15, 0.2) is 158 Å². The summed E-state index contributed by atoms with van der Waals surface area (Å²) >= 11 is 0. The lowest BCUT2D eigenvalue weighted by Gasteiger charge is -2.12. The van der Waals surface area contributed by atoms with Gasteiger partial charge in [-0.25, -0.2) is 15.0 Å². The Morgan fingerprint density at radius 3 is 1.71 bits per heavy atom. The van der Waals surface area contributed by atoms with Gasteiger partial charge in [0.1, 0.15) is 0 Å². The highest BCUT2D eigenvalue weighted by Crippen LogP contribution is 2.37. The standard InChI is InChI=1S/C43H26N8/c1-4-16-34-30(13-1)31-23-22-29(48-37-19-7-8-20-38(37)50-35-17-5-2-14-32(35)45-42(48)50)26-40(31)47(34)27-11-9-12-28(25-27)49-41-39(21-10-24-44-41)51-36-18-6-3-15-33(36)46-43(49)51/h1-26H. The summed E-state index contributed by atoms with van der Waals surface area (Å²) in [5.74, 6) is 1.73. The summed E-state index contributed by atoms with van der Waals surface area (Å²) in [4.78, 5) is 15.1. The van der Waals surface area contributed by atoms with E-state index in [1.807, 2.05) is 24.4 Å². The molecule has 0 aliphatic carbocycles. The molecule has 12 rings (SSSR count). The number of hydrogen-bond acceptors (Lipinski definition) is 3. The third-order valence-electron chi connectivity index (χ3n) is 10.3.